The number of carboxylic acids is 1. The molecule has 0 radical (unpaired) electrons. The lowest BCUT2D eigenvalue weighted by atomic mass is 9.98. The Balaban J connectivity index is 1.64. The Hall–Kier alpha value is -2.65. The molecule has 1 aliphatic carbocycles. The normalized spacial score (nSPS) is 13.9. The SMILES string of the molecule is CSCCC(NC(=O)C(CCSC)NC(=O)OCC1c2ccccc2-c2ccccc21)C(=O)O. The Kier molecular flexibility index (Phi) is 9.71. The quantitative estimate of drug-likeness (QED) is 0.403. The van der Waals surface area contributed by atoms with Crippen molar-refractivity contribution in [1.82, 2.24) is 10.6 Å². The Morgan fingerprint density at radius 1 is 0.882 bits per heavy atom. The van der Waals surface area contributed by atoms with Crippen LogP contribution < -0.4 is 10.6 Å². The highest BCUT2D eigenvalue weighted by atomic mass is 32.2. The number of carbonyl (C=O) groups is 3. The van der Waals surface area contributed by atoms with Crippen molar-refractivity contribution in [3.63, 3.8) is 0 Å². The number of rotatable bonds is 12. The number of carbonyl (C=O) groups excluding carboxylic acids is 2. The lowest BCUT2D eigenvalue weighted by molar-refractivity contribution is -0.142. The maximum Gasteiger partial charge on any atom is 0.407 e. The maximum absolute atomic E-state index is 12.8. The zero-order valence-corrected chi connectivity index (χ0v) is 20.9. The highest BCUT2D eigenvalue weighted by Crippen LogP contribution is 2.44. The first-order chi connectivity index (χ1) is 16.5. The molecular weight excluding hydrogens is 472 g/mol. The van der Waals surface area contributed by atoms with Gasteiger partial charge in [0.2, 0.25) is 5.91 Å². The van der Waals surface area contributed by atoms with E-state index in [-0.39, 0.29) is 12.5 Å². The number of fused-ring (bicyclic) bond motifs is 3. The zero-order valence-electron chi connectivity index (χ0n) is 19.3. The Morgan fingerprint density at radius 2 is 1.41 bits per heavy atom. The second-order valence-corrected chi connectivity index (χ2v) is 9.96. The molecule has 0 fully saturated rings. The van der Waals surface area contributed by atoms with Crippen LogP contribution in [0.2, 0.25) is 0 Å². The van der Waals surface area contributed by atoms with Gasteiger partial charge in [0, 0.05) is 5.92 Å². The van der Waals surface area contributed by atoms with Crippen molar-refractivity contribution in [3.8, 4) is 11.1 Å². The average molecular weight is 503 g/mol. The molecule has 2 aromatic rings. The van der Waals surface area contributed by atoms with Gasteiger partial charge in [-0.25, -0.2) is 9.59 Å². The number of aliphatic carboxylic acids is 1. The number of amides is 2. The minimum atomic E-state index is -1.09. The van der Waals surface area contributed by atoms with Gasteiger partial charge in [-0.2, -0.15) is 23.5 Å². The highest BCUT2D eigenvalue weighted by molar-refractivity contribution is 7.98. The standard InChI is InChI=1S/C25H30N2O5S2/c1-33-13-11-21(23(28)26-22(24(29)30)12-14-34-2)27-25(31)32-15-20-18-9-5-3-7-16(18)17-8-4-6-10-19(17)20/h3-10,20-22H,11-15H2,1-2H3,(H,26,28)(H,27,31)(H,29,30). The van der Waals surface area contributed by atoms with Crippen LogP contribution in [0.25, 0.3) is 11.1 Å². The number of benzene rings is 2. The lowest BCUT2D eigenvalue weighted by Gasteiger charge is -2.22. The van der Waals surface area contributed by atoms with Gasteiger partial charge in [-0.15, -0.1) is 0 Å². The van der Waals surface area contributed by atoms with E-state index in [9.17, 15) is 19.5 Å². The molecule has 182 valence electrons. The van der Waals surface area contributed by atoms with Crippen LogP contribution in [0, 0.1) is 0 Å². The summed E-state index contributed by atoms with van der Waals surface area (Å²) in [6.45, 7) is 0.141. The first-order valence-electron chi connectivity index (χ1n) is 11.1. The van der Waals surface area contributed by atoms with Crippen LogP contribution in [0.3, 0.4) is 0 Å². The van der Waals surface area contributed by atoms with Gasteiger partial charge in [0.25, 0.3) is 0 Å². The van der Waals surface area contributed by atoms with Gasteiger partial charge >= 0.3 is 12.1 Å². The van der Waals surface area contributed by atoms with Gasteiger partial charge in [0.1, 0.15) is 18.7 Å². The molecule has 3 rings (SSSR count). The van der Waals surface area contributed by atoms with Gasteiger partial charge in [-0.3, -0.25) is 4.79 Å². The minimum Gasteiger partial charge on any atom is -0.480 e. The number of hydrogen-bond acceptors (Lipinski definition) is 6. The number of alkyl carbamates (subject to hydrolysis) is 1. The summed E-state index contributed by atoms with van der Waals surface area (Å²) < 4.78 is 5.56. The molecule has 2 atom stereocenters. The van der Waals surface area contributed by atoms with Gasteiger partial charge < -0.3 is 20.5 Å². The summed E-state index contributed by atoms with van der Waals surface area (Å²) in [6.07, 6.45) is 3.76. The Morgan fingerprint density at radius 3 is 1.94 bits per heavy atom. The van der Waals surface area contributed by atoms with Crippen molar-refractivity contribution in [2.24, 2.45) is 0 Å². The molecule has 3 N–H and O–H groups in total. The molecule has 0 saturated carbocycles. The largest absolute Gasteiger partial charge is 0.480 e. The van der Waals surface area contributed by atoms with E-state index in [0.717, 1.165) is 22.3 Å². The van der Waals surface area contributed by atoms with E-state index in [4.69, 9.17) is 4.74 Å². The third-order valence-electron chi connectivity index (χ3n) is 5.79. The van der Waals surface area contributed by atoms with E-state index in [1.165, 1.54) is 11.8 Å². The number of carboxylic acid groups (broad SMARTS) is 1. The predicted octanol–water partition coefficient (Wildman–Crippen LogP) is 3.97. The minimum absolute atomic E-state index is 0.0837. The average Bonchev–Trinajstić information content (AvgIpc) is 3.16. The van der Waals surface area contributed by atoms with Crippen LogP contribution in [0.15, 0.2) is 48.5 Å². The van der Waals surface area contributed by atoms with Crippen LogP contribution in [-0.2, 0) is 14.3 Å². The van der Waals surface area contributed by atoms with Gasteiger partial charge in [0.05, 0.1) is 0 Å². The highest BCUT2D eigenvalue weighted by Gasteiger charge is 2.30. The molecule has 2 aromatic carbocycles. The molecule has 7 nitrogen and oxygen atoms in total. The smallest absolute Gasteiger partial charge is 0.407 e. The molecule has 0 bridgehead atoms. The maximum atomic E-state index is 12.8. The second kappa shape index (κ2) is 12.7. The molecule has 0 aliphatic heterocycles. The van der Waals surface area contributed by atoms with E-state index in [2.05, 4.69) is 22.8 Å². The third-order valence-corrected chi connectivity index (χ3v) is 7.08. The molecule has 0 saturated heterocycles. The summed E-state index contributed by atoms with van der Waals surface area (Å²) in [5, 5.41) is 14.6. The Bertz CT molecular complexity index is 971. The van der Waals surface area contributed by atoms with Crippen LogP contribution >= 0.6 is 23.5 Å². The fourth-order valence-electron chi connectivity index (χ4n) is 4.05. The molecular formula is C25H30N2O5S2. The van der Waals surface area contributed by atoms with Crippen molar-refractivity contribution < 1.29 is 24.2 Å². The van der Waals surface area contributed by atoms with Gasteiger partial charge in [-0.05, 0) is 59.1 Å². The first-order valence-corrected chi connectivity index (χ1v) is 13.9. The molecule has 0 aromatic heterocycles. The van der Waals surface area contributed by atoms with Crippen molar-refractivity contribution in [1.29, 1.82) is 0 Å². The van der Waals surface area contributed by atoms with Crippen molar-refractivity contribution in [2.45, 2.75) is 30.8 Å². The zero-order chi connectivity index (χ0) is 24.5. The monoisotopic (exact) mass is 502 g/mol. The summed E-state index contributed by atoms with van der Waals surface area (Å²) in [7, 11) is 0. The van der Waals surface area contributed by atoms with Crippen LogP contribution in [0.1, 0.15) is 29.9 Å². The summed E-state index contributed by atoms with van der Waals surface area (Å²) in [5.41, 5.74) is 4.47. The van der Waals surface area contributed by atoms with Gasteiger partial charge in [-0.1, -0.05) is 48.5 Å². The molecule has 1 aliphatic rings. The van der Waals surface area contributed by atoms with E-state index < -0.39 is 30.1 Å². The van der Waals surface area contributed by atoms with Crippen LogP contribution in [-0.4, -0.2) is 65.8 Å². The van der Waals surface area contributed by atoms with E-state index in [1.807, 2.05) is 48.9 Å². The molecule has 0 heterocycles. The number of hydrogen-bond donors (Lipinski definition) is 3. The van der Waals surface area contributed by atoms with Crippen LogP contribution in [0.5, 0.6) is 0 Å². The predicted molar refractivity (Wildman–Crippen MR) is 138 cm³/mol. The van der Waals surface area contributed by atoms with Crippen molar-refractivity contribution in [3.05, 3.63) is 59.7 Å². The van der Waals surface area contributed by atoms with Crippen molar-refractivity contribution in [2.75, 3.05) is 30.6 Å². The number of nitrogens with one attached hydrogen (secondary N) is 2. The Labute approximate surface area is 208 Å². The molecule has 2 amide bonds. The lowest BCUT2D eigenvalue weighted by Crippen LogP contribution is -2.52. The fraction of sp³-hybridized carbons (Fsp3) is 0.400. The number of ether oxygens (including phenoxy) is 1. The molecule has 0 spiro atoms. The third kappa shape index (κ3) is 6.48. The second-order valence-electron chi connectivity index (χ2n) is 7.98. The number of thioether (sulfide) groups is 2. The molecule has 34 heavy (non-hydrogen) atoms. The van der Waals surface area contributed by atoms with Crippen LogP contribution in [0.4, 0.5) is 4.79 Å². The summed E-state index contributed by atoms with van der Waals surface area (Å²) in [6, 6.07) is 14.2. The van der Waals surface area contributed by atoms with E-state index >= 15 is 0 Å². The van der Waals surface area contributed by atoms with Crippen molar-refractivity contribution >= 4 is 41.5 Å². The topological polar surface area (TPSA) is 105 Å². The summed E-state index contributed by atoms with van der Waals surface area (Å²) >= 11 is 3.05. The van der Waals surface area contributed by atoms with E-state index in [1.54, 1.807) is 11.8 Å². The summed E-state index contributed by atoms with van der Waals surface area (Å²) in [5.74, 6) is -0.459. The van der Waals surface area contributed by atoms with E-state index in [0.29, 0.717) is 24.3 Å². The molecule has 2 unspecified atom stereocenters. The molecule has 9 heteroatoms. The summed E-state index contributed by atoms with van der Waals surface area (Å²) in [4.78, 5) is 37.0. The first kappa shape index (κ1) is 26.0. The fourth-order valence-corrected chi connectivity index (χ4v) is 5.00. The van der Waals surface area contributed by atoms with Gasteiger partial charge in [0.15, 0.2) is 0 Å².